The zero-order valence-electron chi connectivity index (χ0n) is 12.0. The summed E-state index contributed by atoms with van der Waals surface area (Å²) in [5.41, 5.74) is 5.82. The molecule has 0 spiro atoms. The molecule has 0 radical (unpaired) electrons. The van der Waals surface area contributed by atoms with Crippen LogP contribution in [0.15, 0.2) is 21.5 Å². The standard InChI is InChI=1S/C13H20BrFN2O2S/c1-8(2)7-17(9(3)4)20(18,19)12-6-10(16)5-11(14)13(12)15/h5-6,8-9H,7,16H2,1-4H3. The van der Waals surface area contributed by atoms with Crippen molar-refractivity contribution in [1.82, 2.24) is 4.31 Å². The van der Waals surface area contributed by atoms with E-state index in [9.17, 15) is 12.8 Å². The summed E-state index contributed by atoms with van der Waals surface area (Å²) in [5.74, 6) is -0.673. The molecule has 7 heteroatoms. The van der Waals surface area contributed by atoms with E-state index in [4.69, 9.17) is 5.73 Å². The van der Waals surface area contributed by atoms with Gasteiger partial charge in [-0.15, -0.1) is 0 Å². The van der Waals surface area contributed by atoms with Crippen molar-refractivity contribution in [3.05, 3.63) is 22.4 Å². The van der Waals surface area contributed by atoms with E-state index >= 15 is 0 Å². The van der Waals surface area contributed by atoms with Gasteiger partial charge in [0, 0.05) is 18.3 Å². The Morgan fingerprint density at radius 1 is 1.30 bits per heavy atom. The minimum atomic E-state index is -3.92. The summed E-state index contributed by atoms with van der Waals surface area (Å²) in [7, 11) is -3.92. The van der Waals surface area contributed by atoms with Gasteiger partial charge in [0.25, 0.3) is 0 Å². The first kappa shape index (κ1) is 17.4. The fourth-order valence-corrected chi connectivity index (χ4v) is 4.38. The first-order chi connectivity index (χ1) is 9.07. The van der Waals surface area contributed by atoms with Crippen LogP contribution < -0.4 is 5.73 Å². The van der Waals surface area contributed by atoms with Gasteiger partial charge < -0.3 is 5.73 Å². The Bertz CT molecular complexity index is 588. The lowest BCUT2D eigenvalue weighted by Crippen LogP contribution is -2.39. The number of nitrogens with zero attached hydrogens (tertiary/aromatic N) is 1. The maximum absolute atomic E-state index is 14.1. The van der Waals surface area contributed by atoms with E-state index in [1.54, 1.807) is 13.8 Å². The number of rotatable bonds is 5. The lowest BCUT2D eigenvalue weighted by atomic mass is 10.2. The highest BCUT2D eigenvalue weighted by molar-refractivity contribution is 9.10. The molecular weight excluding hydrogens is 347 g/mol. The molecule has 2 N–H and O–H groups in total. The molecule has 0 atom stereocenters. The molecule has 1 rings (SSSR count). The van der Waals surface area contributed by atoms with Gasteiger partial charge in [-0.25, -0.2) is 12.8 Å². The number of nitrogens with two attached hydrogens (primary N) is 1. The van der Waals surface area contributed by atoms with Crippen molar-refractivity contribution in [2.45, 2.75) is 38.6 Å². The van der Waals surface area contributed by atoms with Crippen molar-refractivity contribution in [2.75, 3.05) is 12.3 Å². The molecule has 0 saturated heterocycles. The molecular formula is C13H20BrFN2O2S. The molecule has 4 nitrogen and oxygen atoms in total. The maximum Gasteiger partial charge on any atom is 0.246 e. The van der Waals surface area contributed by atoms with E-state index in [0.29, 0.717) is 6.54 Å². The highest BCUT2D eigenvalue weighted by Crippen LogP contribution is 2.29. The summed E-state index contributed by atoms with van der Waals surface area (Å²) in [6, 6.07) is 2.24. The Morgan fingerprint density at radius 3 is 2.30 bits per heavy atom. The van der Waals surface area contributed by atoms with Crippen LogP contribution in [0.1, 0.15) is 27.7 Å². The van der Waals surface area contributed by atoms with Crippen LogP contribution in [0, 0.1) is 11.7 Å². The number of halogens is 2. The van der Waals surface area contributed by atoms with E-state index in [0.717, 1.165) is 6.07 Å². The fourth-order valence-electron chi connectivity index (χ4n) is 1.84. The smallest absolute Gasteiger partial charge is 0.246 e. The van der Waals surface area contributed by atoms with Crippen LogP contribution in [0.4, 0.5) is 10.1 Å². The van der Waals surface area contributed by atoms with Crippen LogP contribution in [0.5, 0.6) is 0 Å². The van der Waals surface area contributed by atoms with Crippen LogP contribution in [-0.4, -0.2) is 25.3 Å². The molecule has 0 aliphatic carbocycles. The van der Waals surface area contributed by atoms with Gasteiger partial charge in [0.15, 0.2) is 5.82 Å². The number of hydrogen-bond donors (Lipinski definition) is 1. The van der Waals surface area contributed by atoms with Crippen molar-refractivity contribution in [3.8, 4) is 0 Å². The number of benzene rings is 1. The van der Waals surface area contributed by atoms with Crippen LogP contribution in [0.2, 0.25) is 0 Å². The third kappa shape index (κ3) is 3.71. The predicted octanol–water partition coefficient (Wildman–Crippen LogP) is 3.23. The first-order valence-electron chi connectivity index (χ1n) is 6.33. The zero-order chi connectivity index (χ0) is 15.7. The van der Waals surface area contributed by atoms with E-state index < -0.39 is 20.7 Å². The molecule has 1 aromatic rings. The van der Waals surface area contributed by atoms with Crippen LogP contribution in [0.3, 0.4) is 0 Å². The van der Waals surface area contributed by atoms with Crippen molar-refractivity contribution >= 4 is 31.6 Å². The largest absolute Gasteiger partial charge is 0.399 e. The van der Waals surface area contributed by atoms with E-state index in [1.165, 1.54) is 10.4 Å². The number of hydrogen-bond acceptors (Lipinski definition) is 3. The lowest BCUT2D eigenvalue weighted by Gasteiger charge is -2.27. The minimum Gasteiger partial charge on any atom is -0.399 e. The Labute approximate surface area is 128 Å². The molecule has 114 valence electrons. The van der Waals surface area contributed by atoms with Gasteiger partial charge in [-0.3, -0.25) is 0 Å². The third-order valence-electron chi connectivity index (χ3n) is 2.72. The van der Waals surface area contributed by atoms with Crippen molar-refractivity contribution in [2.24, 2.45) is 5.92 Å². The molecule has 20 heavy (non-hydrogen) atoms. The van der Waals surface area contributed by atoms with Gasteiger partial charge in [0.2, 0.25) is 10.0 Å². The van der Waals surface area contributed by atoms with Crippen molar-refractivity contribution < 1.29 is 12.8 Å². The number of sulfonamides is 1. The van der Waals surface area contributed by atoms with Crippen LogP contribution in [-0.2, 0) is 10.0 Å². The van der Waals surface area contributed by atoms with Gasteiger partial charge in [-0.1, -0.05) is 13.8 Å². The number of anilines is 1. The van der Waals surface area contributed by atoms with E-state index in [-0.39, 0.29) is 22.1 Å². The second-order valence-electron chi connectivity index (χ2n) is 5.38. The molecule has 0 aliphatic rings. The molecule has 1 aromatic carbocycles. The van der Waals surface area contributed by atoms with Crippen LogP contribution >= 0.6 is 15.9 Å². The van der Waals surface area contributed by atoms with Gasteiger partial charge in [0.1, 0.15) is 4.90 Å². The topological polar surface area (TPSA) is 63.4 Å². The SMILES string of the molecule is CC(C)CN(C(C)C)S(=O)(=O)c1cc(N)cc(Br)c1F. The monoisotopic (exact) mass is 366 g/mol. The summed E-state index contributed by atoms with van der Waals surface area (Å²) in [5, 5.41) is 0. The van der Waals surface area contributed by atoms with Gasteiger partial charge in [-0.05, 0) is 47.8 Å². The highest BCUT2D eigenvalue weighted by Gasteiger charge is 2.31. The van der Waals surface area contributed by atoms with Crippen molar-refractivity contribution in [3.63, 3.8) is 0 Å². The summed E-state index contributed by atoms with van der Waals surface area (Å²) >= 11 is 2.99. The quantitative estimate of drug-likeness (QED) is 0.813. The molecule has 0 heterocycles. The molecule has 0 unspecified atom stereocenters. The summed E-state index contributed by atoms with van der Waals surface area (Å²) in [4.78, 5) is -0.390. The summed E-state index contributed by atoms with van der Waals surface area (Å²) in [6.07, 6.45) is 0. The average Bonchev–Trinajstić information content (AvgIpc) is 2.29. The normalized spacial score (nSPS) is 12.7. The molecule has 0 saturated carbocycles. The maximum atomic E-state index is 14.1. The fraction of sp³-hybridized carbons (Fsp3) is 0.538. The molecule has 0 fully saturated rings. The second kappa shape index (κ2) is 6.41. The summed E-state index contributed by atoms with van der Waals surface area (Å²) < 4.78 is 40.8. The van der Waals surface area contributed by atoms with Crippen molar-refractivity contribution in [1.29, 1.82) is 0 Å². The lowest BCUT2D eigenvalue weighted by molar-refractivity contribution is 0.317. The van der Waals surface area contributed by atoms with Gasteiger partial charge in [0.05, 0.1) is 4.47 Å². The molecule has 0 aromatic heterocycles. The molecule has 0 aliphatic heterocycles. The van der Waals surface area contributed by atoms with E-state index in [2.05, 4.69) is 15.9 Å². The predicted molar refractivity (Wildman–Crippen MR) is 82.4 cm³/mol. The minimum absolute atomic E-state index is 0.0457. The van der Waals surface area contributed by atoms with Crippen LogP contribution in [0.25, 0.3) is 0 Å². The Balaban J connectivity index is 3.41. The Kier molecular flexibility index (Phi) is 5.57. The molecule has 0 bridgehead atoms. The summed E-state index contributed by atoms with van der Waals surface area (Å²) in [6.45, 7) is 7.68. The van der Waals surface area contributed by atoms with E-state index in [1.807, 2.05) is 13.8 Å². The van der Waals surface area contributed by atoms with Gasteiger partial charge in [-0.2, -0.15) is 4.31 Å². The average molecular weight is 367 g/mol. The third-order valence-corrected chi connectivity index (χ3v) is 5.34. The second-order valence-corrected chi connectivity index (χ2v) is 8.09. The number of nitrogen functional groups attached to an aromatic ring is 1. The molecule has 0 amide bonds. The highest BCUT2D eigenvalue weighted by atomic mass is 79.9. The first-order valence-corrected chi connectivity index (χ1v) is 8.57. The Hall–Kier alpha value is -0.660. The van der Waals surface area contributed by atoms with Gasteiger partial charge >= 0.3 is 0 Å². The zero-order valence-corrected chi connectivity index (χ0v) is 14.4. The Morgan fingerprint density at radius 2 is 1.85 bits per heavy atom.